The number of likely N-dealkylation sites (tertiary alicyclic amines) is 1. The van der Waals surface area contributed by atoms with E-state index in [1.807, 2.05) is 18.2 Å². The Bertz CT molecular complexity index is 381. The van der Waals surface area contributed by atoms with E-state index in [9.17, 15) is 0 Å². The smallest absolute Gasteiger partial charge is 0.0426 e. The zero-order valence-corrected chi connectivity index (χ0v) is 12.1. The monoisotopic (exact) mass is 266 g/mol. The SMILES string of the molecule is CCC1CCC(C)N1CCNc1cccc(Cl)c1. The van der Waals surface area contributed by atoms with Crippen molar-refractivity contribution >= 4 is 17.3 Å². The lowest BCUT2D eigenvalue weighted by Gasteiger charge is -2.27. The molecule has 0 bridgehead atoms. The van der Waals surface area contributed by atoms with Gasteiger partial charge in [0.15, 0.2) is 0 Å². The lowest BCUT2D eigenvalue weighted by atomic mass is 10.1. The van der Waals surface area contributed by atoms with Crippen LogP contribution in [0.4, 0.5) is 5.69 Å². The summed E-state index contributed by atoms with van der Waals surface area (Å²) in [6.45, 7) is 6.74. The molecule has 1 aromatic rings. The predicted molar refractivity (Wildman–Crippen MR) is 79.4 cm³/mol. The van der Waals surface area contributed by atoms with Gasteiger partial charge >= 0.3 is 0 Å². The van der Waals surface area contributed by atoms with E-state index in [2.05, 4.69) is 30.1 Å². The van der Waals surface area contributed by atoms with Crippen LogP contribution in [0, 0.1) is 0 Å². The molecule has 1 aliphatic rings. The standard InChI is InChI=1S/C15H23ClN2/c1-3-15-8-7-12(2)18(15)10-9-17-14-6-4-5-13(16)11-14/h4-6,11-12,15,17H,3,7-10H2,1-2H3. The molecular weight excluding hydrogens is 244 g/mol. The second-order valence-corrected chi connectivity index (χ2v) is 5.60. The summed E-state index contributed by atoms with van der Waals surface area (Å²) in [6, 6.07) is 9.45. The van der Waals surface area contributed by atoms with E-state index in [4.69, 9.17) is 11.6 Å². The third kappa shape index (κ3) is 3.39. The highest BCUT2D eigenvalue weighted by molar-refractivity contribution is 6.30. The Morgan fingerprint density at radius 3 is 2.94 bits per heavy atom. The minimum Gasteiger partial charge on any atom is -0.384 e. The highest BCUT2D eigenvalue weighted by Gasteiger charge is 2.28. The van der Waals surface area contributed by atoms with Gasteiger partial charge in [-0.3, -0.25) is 4.90 Å². The maximum absolute atomic E-state index is 5.97. The van der Waals surface area contributed by atoms with Gasteiger partial charge < -0.3 is 5.32 Å². The molecule has 1 fully saturated rings. The number of benzene rings is 1. The second kappa shape index (κ2) is 6.44. The fraction of sp³-hybridized carbons (Fsp3) is 0.600. The maximum atomic E-state index is 5.97. The van der Waals surface area contributed by atoms with Crippen molar-refractivity contribution in [3.8, 4) is 0 Å². The van der Waals surface area contributed by atoms with Gasteiger partial charge in [-0.25, -0.2) is 0 Å². The summed E-state index contributed by atoms with van der Waals surface area (Å²) >= 11 is 5.97. The quantitative estimate of drug-likeness (QED) is 0.866. The average molecular weight is 267 g/mol. The van der Waals surface area contributed by atoms with Crippen molar-refractivity contribution in [3.05, 3.63) is 29.3 Å². The van der Waals surface area contributed by atoms with Crippen LogP contribution in [0.3, 0.4) is 0 Å². The Kier molecular flexibility index (Phi) is 4.90. The summed E-state index contributed by atoms with van der Waals surface area (Å²) in [5.41, 5.74) is 1.11. The molecule has 1 aliphatic heterocycles. The Labute approximate surface area is 115 Å². The molecule has 3 heteroatoms. The van der Waals surface area contributed by atoms with Crippen molar-refractivity contribution in [3.63, 3.8) is 0 Å². The van der Waals surface area contributed by atoms with E-state index in [0.717, 1.165) is 35.9 Å². The van der Waals surface area contributed by atoms with Crippen molar-refractivity contribution in [2.24, 2.45) is 0 Å². The number of halogens is 1. The highest BCUT2D eigenvalue weighted by Crippen LogP contribution is 2.25. The number of nitrogens with one attached hydrogen (secondary N) is 1. The summed E-state index contributed by atoms with van der Waals surface area (Å²) in [7, 11) is 0. The summed E-state index contributed by atoms with van der Waals surface area (Å²) < 4.78 is 0. The normalized spacial score (nSPS) is 24.4. The first-order valence-electron chi connectivity index (χ1n) is 6.96. The van der Waals surface area contributed by atoms with Crippen molar-refractivity contribution in [2.75, 3.05) is 18.4 Å². The van der Waals surface area contributed by atoms with Gasteiger partial charge in [0.25, 0.3) is 0 Å². The summed E-state index contributed by atoms with van der Waals surface area (Å²) in [4.78, 5) is 2.64. The molecule has 1 heterocycles. The van der Waals surface area contributed by atoms with E-state index in [1.54, 1.807) is 0 Å². The average Bonchev–Trinajstić information content (AvgIpc) is 2.71. The lowest BCUT2D eigenvalue weighted by Crippen LogP contribution is -2.37. The van der Waals surface area contributed by atoms with E-state index in [1.165, 1.54) is 19.3 Å². The molecule has 2 atom stereocenters. The van der Waals surface area contributed by atoms with Crippen molar-refractivity contribution in [2.45, 2.75) is 45.2 Å². The largest absolute Gasteiger partial charge is 0.384 e. The van der Waals surface area contributed by atoms with Crippen LogP contribution in [-0.4, -0.2) is 30.1 Å². The minimum atomic E-state index is 0.733. The lowest BCUT2D eigenvalue weighted by molar-refractivity contribution is 0.207. The van der Waals surface area contributed by atoms with Crippen LogP contribution >= 0.6 is 11.6 Å². The Morgan fingerprint density at radius 1 is 1.39 bits per heavy atom. The van der Waals surface area contributed by atoms with E-state index < -0.39 is 0 Å². The van der Waals surface area contributed by atoms with E-state index >= 15 is 0 Å². The molecule has 0 aliphatic carbocycles. The topological polar surface area (TPSA) is 15.3 Å². The number of rotatable bonds is 5. The second-order valence-electron chi connectivity index (χ2n) is 5.16. The number of anilines is 1. The molecule has 2 rings (SSSR count). The van der Waals surface area contributed by atoms with Gasteiger partial charge in [0, 0.05) is 35.9 Å². The molecule has 18 heavy (non-hydrogen) atoms. The maximum Gasteiger partial charge on any atom is 0.0426 e. The molecule has 0 aromatic heterocycles. The van der Waals surface area contributed by atoms with Crippen LogP contribution in [0.25, 0.3) is 0 Å². The Balaban J connectivity index is 1.81. The van der Waals surface area contributed by atoms with Gasteiger partial charge in [0.1, 0.15) is 0 Å². The van der Waals surface area contributed by atoms with Gasteiger partial charge in [0.05, 0.1) is 0 Å². The molecule has 1 aromatic carbocycles. The molecule has 1 N–H and O–H groups in total. The molecule has 0 radical (unpaired) electrons. The van der Waals surface area contributed by atoms with Crippen LogP contribution < -0.4 is 5.32 Å². The molecule has 100 valence electrons. The number of hydrogen-bond acceptors (Lipinski definition) is 2. The van der Waals surface area contributed by atoms with Crippen LogP contribution in [0.5, 0.6) is 0 Å². The van der Waals surface area contributed by atoms with Crippen LogP contribution in [0.2, 0.25) is 5.02 Å². The third-order valence-corrected chi connectivity index (χ3v) is 4.18. The van der Waals surface area contributed by atoms with Crippen LogP contribution in [-0.2, 0) is 0 Å². The first-order valence-corrected chi connectivity index (χ1v) is 7.33. The predicted octanol–water partition coefficient (Wildman–Crippen LogP) is 4.01. The molecular formula is C15H23ClN2. The zero-order chi connectivity index (χ0) is 13.0. The van der Waals surface area contributed by atoms with Gasteiger partial charge in [-0.15, -0.1) is 0 Å². The fourth-order valence-electron chi connectivity index (χ4n) is 2.89. The van der Waals surface area contributed by atoms with Gasteiger partial charge in [-0.2, -0.15) is 0 Å². The fourth-order valence-corrected chi connectivity index (χ4v) is 3.08. The van der Waals surface area contributed by atoms with Crippen LogP contribution in [0.1, 0.15) is 33.1 Å². The van der Waals surface area contributed by atoms with Gasteiger partial charge in [-0.1, -0.05) is 24.6 Å². The van der Waals surface area contributed by atoms with Crippen LogP contribution in [0.15, 0.2) is 24.3 Å². The first-order chi connectivity index (χ1) is 8.70. The van der Waals surface area contributed by atoms with Crippen molar-refractivity contribution < 1.29 is 0 Å². The molecule has 2 unspecified atom stereocenters. The molecule has 2 nitrogen and oxygen atoms in total. The summed E-state index contributed by atoms with van der Waals surface area (Å²) in [5, 5.41) is 4.24. The van der Waals surface area contributed by atoms with Gasteiger partial charge in [-0.05, 0) is 44.4 Å². The Hall–Kier alpha value is -0.730. The molecule has 1 saturated heterocycles. The number of nitrogens with zero attached hydrogens (tertiary/aromatic N) is 1. The molecule has 0 spiro atoms. The van der Waals surface area contributed by atoms with Crippen molar-refractivity contribution in [1.29, 1.82) is 0 Å². The van der Waals surface area contributed by atoms with Crippen molar-refractivity contribution in [1.82, 2.24) is 4.90 Å². The van der Waals surface area contributed by atoms with E-state index in [0.29, 0.717) is 0 Å². The minimum absolute atomic E-state index is 0.733. The number of hydrogen-bond donors (Lipinski definition) is 1. The summed E-state index contributed by atoms with van der Waals surface area (Å²) in [5.74, 6) is 0. The van der Waals surface area contributed by atoms with Gasteiger partial charge in [0.2, 0.25) is 0 Å². The molecule has 0 saturated carbocycles. The summed E-state index contributed by atoms with van der Waals surface area (Å²) in [6.07, 6.45) is 3.96. The Morgan fingerprint density at radius 2 is 2.22 bits per heavy atom. The molecule has 0 amide bonds. The third-order valence-electron chi connectivity index (χ3n) is 3.95. The first kappa shape index (κ1) is 13.7. The zero-order valence-electron chi connectivity index (χ0n) is 11.3. The highest BCUT2D eigenvalue weighted by atomic mass is 35.5. The van der Waals surface area contributed by atoms with E-state index in [-0.39, 0.29) is 0 Å².